The van der Waals surface area contributed by atoms with E-state index in [-0.39, 0.29) is 28.9 Å². The monoisotopic (exact) mass is 465 g/mol. The molecular formula is C22H25F2N3O4S. The number of carbonyl (C=O) groups excluding carboxylic acids is 2. The first-order valence-electron chi connectivity index (χ1n) is 10.3. The van der Waals surface area contributed by atoms with Crippen LogP contribution in [0.15, 0.2) is 42.5 Å². The van der Waals surface area contributed by atoms with E-state index in [0.29, 0.717) is 10.4 Å². The van der Waals surface area contributed by atoms with Crippen LogP contribution in [0.25, 0.3) is 0 Å². The lowest BCUT2D eigenvalue weighted by Gasteiger charge is -2.24. The summed E-state index contributed by atoms with van der Waals surface area (Å²) in [5.41, 5.74) is 0.291. The standard InChI is InChI=1S/C22H25F2N3O4S/c1-32(30,31)27(16-11-12-18(23)19(24)13-16)14-21(28)26-20-10-6-5-9-17(20)22(29)25-15-7-3-2-4-8-15/h5-6,9-13,15H,2-4,7-8,14H2,1H3,(H,25,29)(H,26,28). The molecule has 0 saturated heterocycles. The van der Waals surface area contributed by atoms with E-state index in [2.05, 4.69) is 10.6 Å². The van der Waals surface area contributed by atoms with Crippen molar-refractivity contribution < 1.29 is 26.8 Å². The van der Waals surface area contributed by atoms with Crippen molar-refractivity contribution in [2.45, 2.75) is 38.1 Å². The molecule has 0 unspecified atom stereocenters. The smallest absolute Gasteiger partial charge is 0.253 e. The topological polar surface area (TPSA) is 95.6 Å². The molecule has 0 aliphatic heterocycles. The molecule has 0 aromatic heterocycles. The Morgan fingerprint density at radius 3 is 2.38 bits per heavy atom. The SMILES string of the molecule is CS(=O)(=O)N(CC(=O)Nc1ccccc1C(=O)NC1CCCCC1)c1ccc(F)c(F)c1. The van der Waals surface area contributed by atoms with E-state index in [1.165, 1.54) is 6.07 Å². The summed E-state index contributed by atoms with van der Waals surface area (Å²) in [6, 6.07) is 9.04. The number of halogens is 2. The van der Waals surface area contributed by atoms with Crippen molar-refractivity contribution in [3.05, 3.63) is 59.7 Å². The van der Waals surface area contributed by atoms with Gasteiger partial charge in [-0.2, -0.15) is 0 Å². The highest BCUT2D eigenvalue weighted by Gasteiger charge is 2.24. The normalized spacial score (nSPS) is 14.6. The van der Waals surface area contributed by atoms with Gasteiger partial charge in [0, 0.05) is 12.1 Å². The van der Waals surface area contributed by atoms with E-state index in [1.807, 2.05) is 0 Å². The maximum Gasteiger partial charge on any atom is 0.253 e. The molecule has 2 N–H and O–H groups in total. The average Bonchev–Trinajstić information content (AvgIpc) is 2.74. The fraction of sp³-hybridized carbons (Fsp3) is 0.364. The zero-order valence-electron chi connectivity index (χ0n) is 17.6. The van der Waals surface area contributed by atoms with Crippen molar-refractivity contribution in [3.8, 4) is 0 Å². The number of hydrogen-bond donors (Lipinski definition) is 2. The van der Waals surface area contributed by atoms with Gasteiger partial charge in [-0.25, -0.2) is 17.2 Å². The van der Waals surface area contributed by atoms with Gasteiger partial charge in [0.05, 0.1) is 23.2 Å². The first-order chi connectivity index (χ1) is 15.1. The van der Waals surface area contributed by atoms with Crippen LogP contribution in [0.4, 0.5) is 20.2 Å². The molecular weight excluding hydrogens is 440 g/mol. The predicted octanol–water partition coefficient (Wildman–Crippen LogP) is 3.43. The second kappa shape index (κ2) is 10.1. The zero-order chi connectivity index (χ0) is 23.3. The third kappa shape index (κ3) is 6.03. The molecule has 2 aromatic carbocycles. The van der Waals surface area contributed by atoms with Crippen molar-refractivity contribution >= 4 is 33.2 Å². The third-order valence-corrected chi connectivity index (χ3v) is 6.41. The Kier molecular flexibility index (Phi) is 7.44. The van der Waals surface area contributed by atoms with Crippen LogP contribution >= 0.6 is 0 Å². The van der Waals surface area contributed by atoms with Gasteiger partial charge >= 0.3 is 0 Å². The fourth-order valence-corrected chi connectivity index (χ4v) is 4.51. The van der Waals surface area contributed by atoms with Crippen LogP contribution in [0, 0.1) is 11.6 Å². The van der Waals surface area contributed by atoms with E-state index >= 15 is 0 Å². The molecule has 0 bridgehead atoms. The highest BCUT2D eigenvalue weighted by molar-refractivity contribution is 7.92. The Balaban J connectivity index is 1.75. The van der Waals surface area contributed by atoms with Crippen molar-refractivity contribution in [1.29, 1.82) is 0 Å². The van der Waals surface area contributed by atoms with Crippen LogP contribution in [0.1, 0.15) is 42.5 Å². The molecule has 0 heterocycles. The Morgan fingerprint density at radius 1 is 1.03 bits per heavy atom. The van der Waals surface area contributed by atoms with Crippen LogP contribution in [0.2, 0.25) is 0 Å². The minimum absolute atomic E-state index is 0.0779. The number of amides is 2. The molecule has 1 fully saturated rings. The molecule has 1 aliphatic carbocycles. The van der Waals surface area contributed by atoms with E-state index in [9.17, 15) is 26.8 Å². The summed E-state index contributed by atoms with van der Waals surface area (Å²) < 4.78 is 51.9. The number of nitrogens with zero attached hydrogens (tertiary/aromatic N) is 1. The van der Waals surface area contributed by atoms with Crippen molar-refractivity contribution in [2.75, 3.05) is 22.4 Å². The van der Waals surface area contributed by atoms with E-state index in [4.69, 9.17) is 0 Å². The van der Waals surface area contributed by atoms with Gasteiger partial charge in [0.15, 0.2) is 11.6 Å². The van der Waals surface area contributed by atoms with Crippen LogP contribution in [0.3, 0.4) is 0 Å². The highest BCUT2D eigenvalue weighted by atomic mass is 32.2. The number of rotatable bonds is 7. The highest BCUT2D eigenvalue weighted by Crippen LogP contribution is 2.22. The van der Waals surface area contributed by atoms with Gasteiger partial charge in [-0.05, 0) is 37.1 Å². The van der Waals surface area contributed by atoms with Gasteiger partial charge in [0.1, 0.15) is 6.54 Å². The first-order valence-corrected chi connectivity index (χ1v) is 12.1. The maximum absolute atomic E-state index is 13.6. The van der Waals surface area contributed by atoms with Gasteiger partial charge in [0.2, 0.25) is 15.9 Å². The summed E-state index contributed by atoms with van der Waals surface area (Å²) >= 11 is 0. The van der Waals surface area contributed by atoms with E-state index < -0.39 is 34.1 Å². The lowest BCUT2D eigenvalue weighted by Crippen LogP contribution is -2.38. The maximum atomic E-state index is 13.6. The summed E-state index contributed by atoms with van der Waals surface area (Å²) in [5, 5.41) is 5.53. The second-order valence-corrected chi connectivity index (χ2v) is 9.68. The van der Waals surface area contributed by atoms with Gasteiger partial charge in [-0.15, -0.1) is 0 Å². The van der Waals surface area contributed by atoms with Crippen molar-refractivity contribution in [2.24, 2.45) is 0 Å². The molecule has 10 heteroatoms. The van der Waals surface area contributed by atoms with E-state index in [1.54, 1.807) is 18.2 Å². The lowest BCUT2D eigenvalue weighted by molar-refractivity contribution is -0.114. The first kappa shape index (κ1) is 23.6. The van der Waals surface area contributed by atoms with Crippen LogP contribution in [-0.2, 0) is 14.8 Å². The minimum atomic E-state index is -3.98. The van der Waals surface area contributed by atoms with Crippen LogP contribution in [0.5, 0.6) is 0 Å². The lowest BCUT2D eigenvalue weighted by atomic mass is 9.95. The molecule has 1 saturated carbocycles. The molecule has 0 atom stereocenters. The molecule has 7 nitrogen and oxygen atoms in total. The molecule has 3 rings (SSSR count). The number of hydrogen-bond acceptors (Lipinski definition) is 4. The number of benzene rings is 2. The Hall–Kier alpha value is -3.01. The number of sulfonamides is 1. The van der Waals surface area contributed by atoms with Gasteiger partial charge in [-0.1, -0.05) is 31.4 Å². The predicted molar refractivity (Wildman–Crippen MR) is 118 cm³/mol. The summed E-state index contributed by atoms with van der Waals surface area (Å²) in [7, 11) is -3.98. The summed E-state index contributed by atoms with van der Waals surface area (Å²) in [6.45, 7) is -0.678. The second-order valence-electron chi connectivity index (χ2n) is 7.77. The molecule has 32 heavy (non-hydrogen) atoms. The molecule has 0 spiro atoms. The number of para-hydroxylation sites is 1. The third-order valence-electron chi connectivity index (χ3n) is 5.26. The fourth-order valence-electron chi connectivity index (χ4n) is 3.66. The summed E-state index contributed by atoms with van der Waals surface area (Å²) in [4.78, 5) is 25.4. The van der Waals surface area contributed by atoms with Crippen LogP contribution in [-0.4, -0.2) is 39.1 Å². The largest absolute Gasteiger partial charge is 0.349 e. The average molecular weight is 466 g/mol. The summed E-state index contributed by atoms with van der Waals surface area (Å²) in [5.74, 6) is -3.43. The van der Waals surface area contributed by atoms with Gasteiger partial charge < -0.3 is 10.6 Å². The molecule has 2 amide bonds. The molecule has 0 radical (unpaired) electrons. The Labute approximate surface area is 185 Å². The van der Waals surface area contributed by atoms with Crippen LogP contribution < -0.4 is 14.9 Å². The minimum Gasteiger partial charge on any atom is -0.349 e. The summed E-state index contributed by atoms with van der Waals surface area (Å²) in [6.07, 6.45) is 5.90. The Morgan fingerprint density at radius 2 is 1.72 bits per heavy atom. The van der Waals surface area contributed by atoms with E-state index in [0.717, 1.165) is 50.5 Å². The van der Waals surface area contributed by atoms with Crippen molar-refractivity contribution in [3.63, 3.8) is 0 Å². The molecule has 172 valence electrons. The number of nitrogens with one attached hydrogen (secondary N) is 2. The zero-order valence-corrected chi connectivity index (χ0v) is 18.4. The quantitative estimate of drug-likeness (QED) is 0.655. The van der Waals surface area contributed by atoms with Gasteiger partial charge in [0.25, 0.3) is 5.91 Å². The number of carbonyl (C=O) groups is 2. The Bertz CT molecular complexity index is 1100. The van der Waals surface area contributed by atoms with Gasteiger partial charge in [-0.3, -0.25) is 13.9 Å². The molecule has 1 aliphatic rings. The number of anilines is 2. The molecule has 2 aromatic rings. The van der Waals surface area contributed by atoms with Crippen molar-refractivity contribution in [1.82, 2.24) is 5.32 Å².